The smallest absolute Gasteiger partial charge is 0.0301 e. The van der Waals surface area contributed by atoms with E-state index in [0.717, 1.165) is 12.8 Å². The van der Waals surface area contributed by atoms with Gasteiger partial charge in [-0.15, -0.1) is 0 Å². The maximum absolute atomic E-state index is 6.44. The fraction of sp³-hybridized carbons (Fsp3) is 0.238. The molecule has 0 aliphatic rings. The van der Waals surface area contributed by atoms with E-state index in [0.29, 0.717) is 0 Å². The van der Waals surface area contributed by atoms with Crippen LogP contribution in [0.15, 0.2) is 72.8 Å². The highest BCUT2D eigenvalue weighted by atomic mass is 14.6. The molecule has 0 aromatic heterocycles. The van der Waals surface area contributed by atoms with Crippen LogP contribution < -0.4 is 5.73 Å². The van der Waals surface area contributed by atoms with E-state index in [1.165, 1.54) is 34.7 Å². The van der Waals surface area contributed by atoms with Crippen molar-refractivity contribution in [2.45, 2.75) is 31.7 Å². The summed E-state index contributed by atoms with van der Waals surface area (Å²) in [5.41, 5.74) is 9.13. The molecule has 0 bridgehead atoms. The molecule has 2 N–H and O–H groups in total. The van der Waals surface area contributed by atoms with Crippen molar-refractivity contribution in [3.05, 3.63) is 83.9 Å². The molecule has 0 saturated heterocycles. The molecular formula is C21H23N. The van der Waals surface area contributed by atoms with Crippen molar-refractivity contribution in [1.82, 2.24) is 0 Å². The molecular weight excluding hydrogens is 266 g/mol. The van der Waals surface area contributed by atoms with Gasteiger partial charge in [0.2, 0.25) is 0 Å². The van der Waals surface area contributed by atoms with Gasteiger partial charge in [0, 0.05) is 6.04 Å². The first-order valence-electron chi connectivity index (χ1n) is 8.12. The van der Waals surface area contributed by atoms with E-state index >= 15 is 0 Å². The Hall–Kier alpha value is -2.12. The minimum Gasteiger partial charge on any atom is -0.324 e. The highest BCUT2D eigenvalue weighted by Gasteiger charge is 2.09. The van der Waals surface area contributed by atoms with Gasteiger partial charge in [-0.2, -0.15) is 0 Å². The lowest BCUT2D eigenvalue weighted by Gasteiger charge is -2.14. The number of rotatable bonds is 6. The van der Waals surface area contributed by atoms with Crippen LogP contribution in [0.4, 0.5) is 0 Å². The topological polar surface area (TPSA) is 26.0 Å². The molecule has 3 aromatic rings. The number of fused-ring (bicyclic) bond motifs is 1. The van der Waals surface area contributed by atoms with E-state index in [2.05, 4.69) is 72.8 Å². The molecule has 3 aromatic carbocycles. The lowest BCUT2D eigenvalue weighted by molar-refractivity contribution is 0.589. The molecule has 3 rings (SSSR count). The van der Waals surface area contributed by atoms with E-state index in [1.807, 2.05) is 0 Å². The first kappa shape index (κ1) is 14.8. The predicted molar refractivity (Wildman–Crippen MR) is 94.9 cm³/mol. The molecule has 0 fully saturated rings. The van der Waals surface area contributed by atoms with Crippen molar-refractivity contribution < 1.29 is 0 Å². The summed E-state index contributed by atoms with van der Waals surface area (Å²) >= 11 is 0. The summed E-state index contributed by atoms with van der Waals surface area (Å²) in [6.45, 7) is 0. The molecule has 0 saturated carbocycles. The average Bonchev–Trinajstić information content (AvgIpc) is 2.59. The van der Waals surface area contributed by atoms with Crippen LogP contribution in [-0.4, -0.2) is 0 Å². The van der Waals surface area contributed by atoms with Crippen molar-refractivity contribution in [3.63, 3.8) is 0 Å². The number of benzene rings is 3. The van der Waals surface area contributed by atoms with Crippen LogP contribution in [0.3, 0.4) is 0 Å². The van der Waals surface area contributed by atoms with Crippen molar-refractivity contribution in [1.29, 1.82) is 0 Å². The lowest BCUT2D eigenvalue weighted by atomic mass is 9.95. The summed E-state index contributed by atoms with van der Waals surface area (Å²) in [5, 5.41) is 2.57. The molecule has 0 aliphatic carbocycles. The largest absolute Gasteiger partial charge is 0.324 e. The summed E-state index contributed by atoms with van der Waals surface area (Å²) in [5.74, 6) is 0. The third-order valence-electron chi connectivity index (χ3n) is 4.30. The number of aryl methyl sites for hydroxylation is 1. The van der Waals surface area contributed by atoms with Gasteiger partial charge in [-0.05, 0) is 41.2 Å². The zero-order valence-corrected chi connectivity index (χ0v) is 12.9. The normalized spacial score (nSPS) is 12.4. The number of unbranched alkanes of at least 4 members (excludes halogenated alkanes) is 1. The zero-order chi connectivity index (χ0) is 15.2. The SMILES string of the molecule is N[C@H](CCCCc1ccccc1)c1cccc2ccccc12. The van der Waals surface area contributed by atoms with Crippen molar-refractivity contribution in [2.24, 2.45) is 5.73 Å². The van der Waals surface area contributed by atoms with Crippen LogP contribution in [0.5, 0.6) is 0 Å². The zero-order valence-electron chi connectivity index (χ0n) is 12.9. The van der Waals surface area contributed by atoms with E-state index in [1.54, 1.807) is 0 Å². The second kappa shape index (κ2) is 7.24. The highest BCUT2D eigenvalue weighted by Crippen LogP contribution is 2.26. The van der Waals surface area contributed by atoms with Gasteiger partial charge in [-0.1, -0.05) is 79.2 Å². The van der Waals surface area contributed by atoms with E-state index in [9.17, 15) is 0 Å². The summed E-state index contributed by atoms with van der Waals surface area (Å²) in [4.78, 5) is 0. The van der Waals surface area contributed by atoms with Gasteiger partial charge >= 0.3 is 0 Å². The Morgan fingerprint density at radius 1 is 0.727 bits per heavy atom. The van der Waals surface area contributed by atoms with Gasteiger partial charge in [-0.3, -0.25) is 0 Å². The average molecular weight is 289 g/mol. The van der Waals surface area contributed by atoms with E-state index in [4.69, 9.17) is 5.73 Å². The van der Waals surface area contributed by atoms with Gasteiger partial charge in [0.05, 0.1) is 0 Å². The van der Waals surface area contributed by atoms with E-state index < -0.39 is 0 Å². The number of hydrogen-bond donors (Lipinski definition) is 1. The molecule has 0 amide bonds. The van der Waals surface area contributed by atoms with Gasteiger partial charge < -0.3 is 5.73 Å². The molecule has 0 unspecified atom stereocenters. The summed E-state index contributed by atoms with van der Waals surface area (Å²) in [7, 11) is 0. The van der Waals surface area contributed by atoms with Crippen molar-refractivity contribution in [3.8, 4) is 0 Å². The third-order valence-corrected chi connectivity index (χ3v) is 4.30. The molecule has 1 nitrogen and oxygen atoms in total. The Balaban J connectivity index is 1.58. The predicted octanol–water partition coefficient (Wildman–Crippen LogP) is 5.25. The molecule has 0 radical (unpaired) electrons. The van der Waals surface area contributed by atoms with Gasteiger partial charge in [0.15, 0.2) is 0 Å². The fourth-order valence-electron chi connectivity index (χ4n) is 3.07. The van der Waals surface area contributed by atoms with Gasteiger partial charge in [0.1, 0.15) is 0 Å². The minimum absolute atomic E-state index is 0.127. The van der Waals surface area contributed by atoms with Crippen molar-refractivity contribution >= 4 is 10.8 Å². The Morgan fingerprint density at radius 2 is 1.45 bits per heavy atom. The van der Waals surface area contributed by atoms with Crippen LogP contribution in [-0.2, 0) is 6.42 Å². The standard InChI is InChI=1S/C21H23N/c22-21(16-7-4-11-17-9-2-1-3-10-17)20-15-8-13-18-12-5-6-14-19(18)20/h1-3,5-6,8-10,12-15,21H,4,7,11,16,22H2/t21-/m1/s1. The maximum Gasteiger partial charge on any atom is 0.0301 e. The van der Waals surface area contributed by atoms with Gasteiger partial charge in [0.25, 0.3) is 0 Å². The second-order valence-corrected chi connectivity index (χ2v) is 5.91. The highest BCUT2D eigenvalue weighted by molar-refractivity contribution is 5.86. The van der Waals surface area contributed by atoms with Crippen LogP contribution in [0.25, 0.3) is 10.8 Å². The molecule has 0 heterocycles. The minimum atomic E-state index is 0.127. The summed E-state index contributed by atoms with van der Waals surface area (Å²) < 4.78 is 0. The quantitative estimate of drug-likeness (QED) is 0.616. The Kier molecular flexibility index (Phi) is 4.87. The number of hydrogen-bond acceptors (Lipinski definition) is 1. The summed E-state index contributed by atoms with van der Waals surface area (Å²) in [6.07, 6.45) is 4.55. The number of nitrogens with two attached hydrogens (primary N) is 1. The van der Waals surface area contributed by atoms with Crippen LogP contribution in [0.1, 0.15) is 36.4 Å². The Labute approximate surface area is 132 Å². The second-order valence-electron chi connectivity index (χ2n) is 5.91. The Morgan fingerprint density at radius 3 is 2.32 bits per heavy atom. The molecule has 0 aliphatic heterocycles. The van der Waals surface area contributed by atoms with Gasteiger partial charge in [-0.25, -0.2) is 0 Å². The molecule has 1 atom stereocenters. The van der Waals surface area contributed by atoms with Crippen LogP contribution >= 0.6 is 0 Å². The molecule has 1 heteroatoms. The monoisotopic (exact) mass is 289 g/mol. The molecule has 22 heavy (non-hydrogen) atoms. The van der Waals surface area contributed by atoms with Crippen molar-refractivity contribution in [2.75, 3.05) is 0 Å². The first-order valence-corrected chi connectivity index (χ1v) is 8.12. The summed E-state index contributed by atoms with van der Waals surface area (Å²) in [6, 6.07) is 25.7. The third kappa shape index (κ3) is 3.55. The van der Waals surface area contributed by atoms with E-state index in [-0.39, 0.29) is 6.04 Å². The first-order chi connectivity index (χ1) is 10.8. The fourth-order valence-corrected chi connectivity index (χ4v) is 3.07. The molecule has 0 spiro atoms. The van der Waals surface area contributed by atoms with Crippen LogP contribution in [0, 0.1) is 0 Å². The Bertz CT molecular complexity index is 713. The lowest BCUT2D eigenvalue weighted by Crippen LogP contribution is -2.10. The molecule has 112 valence electrons. The van der Waals surface area contributed by atoms with Crippen LogP contribution in [0.2, 0.25) is 0 Å². The maximum atomic E-state index is 6.44.